The highest BCUT2D eigenvalue weighted by Gasteiger charge is 2.52. The second kappa shape index (κ2) is 9.34. The topological polar surface area (TPSA) is 6.48 Å². The third-order valence-electron chi connectivity index (χ3n) is 11.7. The first-order chi connectivity index (χ1) is 15.7. The second-order valence-electron chi connectivity index (χ2n) is 16.3. The summed E-state index contributed by atoms with van der Waals surface area (Å²) in [6.45, 7) is 30.5. The molecule has 2 spiro atoms. The van der Waals surface area contributed by atoms with E-state index in [1.54, 1.807) is 0 Å². The smallest absolute Gasteiger partial charge is 0.00676 e. The van der Waals surface area contributed by atoms with Crippen LogP contribution in [0.25, 0.3) is 0 Å². The molecule has 0 amide bonds. The molecule has 0 aromatic rings. The summed E-state index contributed by atoms with van der Waals surface area (Å²) in [5, 5.41) is 0. The van der Waals surface area contributed by atoms with Crippen molar-refractivity contribution in [1.29, 1.82) is 0 Å². The molecule has 2 saturated heterocycles. The van der Waals surface area contributed by atoms with Gasteiger partial charge >= 0.3 is 0 Å². The van der Waals surface area contributed by atoms with Gasteiger partial charge < -0.3 is 0 Å². The minimum absolute atomic E-state index is 0.478. The molecule has 4 unspecified atom stereocenters. The molecule has 4 aliphatic rings. The van der Waals surface area contributed by atoms with Gasteiger partial charge in [-0.25, -0.2) is 0 Å². The fourth-order valence-electron chi connectivity index (χ4n) is 9.63. The van der Waals surface area contributed by atoms with Crippen molar-refractivity contribution >= 4 is 0 Å². The van der Waals surface area contributed by atoms with Gasteiger partial charge in [-0.05, 0) is 117 Å². The zero-order valence-corrected chi connectivity index (χ0v) is 24.8. The molecule has 0 bridgehead atoms. The van der Waals surface area contributed by atoms with Gasteiger partial charge in [-0.15, -0.1) is 0 Å². The van der Waals surface area contributed by atoms with Crippen LogP contribution in [0.2, 0.25) is 0 Å². The molecule has 198 valence electrons. The highest BCUT2D eigenvalue weighted by molar-refractivity contribution is 5.04. The predicted octanol–water partition coefficient (Wildman–Crippen LogP) is 8.11. The Balaban J connectivity index is 1.22. The molecule has 4 rings (SSSR count). The maximum Gasteiger partial charge on any atom is 0.00676 e. The molecular weight excluding hydrogens is 412 g/mol. The van der Waals surface area contributed by atoms with Crippen LogP contribution >= 0.6 is 0 Å². The van der Waals surface area contributed by atoms with E-state index < -0.39 is 0 Å². The maximum atomic E-state index is 2.84. The molecule has 2 aliphatic carbocycles. The van der Waals surface area contributed by atoms with Crippen molar-refractivity contribution in [2.24, 2.45) is 45.3 Å². The summed E-state index contributed by atoms with van der Waals surface area (Å²) < 4.78 is 0. The van der Waals surface area contributed by atoms with Gasteiger partial charge in [-0.3, -0.25) is 9.80 Å². The highest BCUT2D eigenvalue weighted by atomic mass is 15.2. The van der Waals surface area contributed by atoms with Crippen LogP contribution in [0.4, 0.5) is 0 Å². The first kappa shape index (κ1) is 27.0. The Hall–Kier alpha value is -0.0800. The van der Waals surface area contributed by atoms with E-state index in [4.69, 9.17) is 0 Å². The third kappa shape index (κ3) is 5.29. The van der Waals surface area contributed by atoms with Gasteiger partial charge in [-0.1, -0.05) is 48.5 Å². The van der Waals surface area contributed by atoms with E-state index in [1.807, 2.05) is 0 Å². The summed E-state index contributed by atoms with van der Waals surface area (Å²) in [5.41, 5.74) is 2.28. The number of hydrogen-bond acceptors (Lipinski definition) is 2. The molecule has 34 heavy (non-hydrogen) atoms. The Morgan fingerprint density at radius 1 is 0.735 bits per heavy atom. The lowest BCUT2D eigenvalue weighted by molar-refractivity contribution is -0.0956. The van der Waals surface area contributed by atoms with E-state index in [0.29, 0.717) is 21.7 Å². The third-order valence-corrected chi connectivity index (χ3v) is 11.7. The van der Waals surface area contributed by atoms with Crippen LogP contribution in [0.3, 0.4) is 0 Å². The van der Waals surface area contributed by atoms with Gasteiger partial charge in [0, 0.05) is 38.3 Å². The molecule has 5 atom stereocenters. The van der Waals surface area contributed by atoms with Crippen molar-refractivity contribution in [2.75, 3.05) is 26.2 Å². The normalized spacial score (nSPS) is 35.4. The van der Waals surface area contributed by atoms with Crippen molar-refractivity contribution in [3.63, 3.8) is 0 Å². The Morgan fingerprint density at radius 2 is 1.21 bits per heavy atom. The summed E-state index contributed by atoms with van der Waals surface area (Å²) in [6, 6.07) is 1.49. The summed E-state index contributed by atoms with van der Waals surface area (Å²) in [6.07, 6.45) is 11.6. The number of hydrogen-bond donors (Lipinski definition) is 0. The van der Waals surface area contributed by atoms with Crippen molar-refractivity contribution in [1.82, 2.24) is 9.80 Å². The van der Waals surface area contributed by atoms with Gasteiger partial charge in [-0.2, -0.15) is 0 Å². The van der Waals surface area contributed by atoms with Gasteiger partial charge in [0.1, 0.15) is 0 Å². The zero-order chi connectivity index (χ0) is 25.1. The summed E-state index contributed by atoms with van der Waals surface area (Å²) >= 11 is 0. The first-order valence-electron chi connectivity index (χ1n) is 15.1. The van der Waals surface area contributed by atoms with Crippen LogP contribution in [0.15, 0.2) is 0 Å². The van der Waals surface area contributed by atoms with E-state index in [0.717, 1.165) is 35.8 Å². The molecule has 0 aromatic heterocycles. The zero-order valence-electron chi connectivity index (χ0n) is 24.8. The van der Waals surface area contributed by atoms with Crippen LogP contribution in [0.1, 0.15) is 121 Å². The fraction of sp³-hybridized carbons (Fsp3) is 1.00. The van der Waals surface area contributed by atoms with Gasteiger partial charge in [0.2, 0.25) is 0 Å². The second-order valence-corrected chi connectivity index (χ2v) is 16.3. The number of nitrogens with zero attached hydrogens (tertiary/aromatic N) is 2. The van der Waals surface area contributed by atoms with Crippen molar-refractivity contribution in [3.8, 4) is 0 Å². The van der Waals surface area contributed by atoms with E-state index in [-0.39, 0.29) is 0 Å². The lowest BCUT2D eigenvalue weighted by Gasteiger charge is -2.59. The fourth-order valence-corrected chi connectivity index (χ4v) is 9.63. The van der Waals surface area contributed by atoms with E-state index in [2.05, 4.69) is 79.0 Å². The lowest BCUT2D eigenvalue weighted by atomic mass is 9.55. The van der Waals surface area contributed by atoms with Crippen molar-refractivity contribution < 1.29 is 0 Å². The number of rotatable bonds is 6. The molecule has 2 heteroatoms. The van der Waals surface area contributed by atoms with Crippen LogP contribution < -0.4 is 0 Å². The van der Waals surface area contributed by atoms with Gasteiger partial charge in [0.25, 0.3) is 0 Å². The molecular formula is C32H60N2. The van der Waals surface area contributed by atoms with Crippen LogP contribution in [-0.2, 0) is 0 Å². The monoisotopic (exact) mass is 472 g/mol. The summed E-state index contributed by atoms with van der Waals surface area (Å²) in [4.78, 5) is 5.53. The maximum absolute atomic E-state index is 2.84. The minimum atomic E-state index is 0.478. The molecule has 0 aromatic carbocycles. The Labute approximate surface area is 214 Å². The van der Waals surface area contributed by atoms with E-state index in [9.17, 15) is 0 Å². The number of likely N-dealkylation sites (tertiary alicyclic amines) is 2. The van der Waals surface area contributed by atoms with Crippen LogP contribution in [-0.4, -0.2) is 48.1 Å². The van der Waals surface area contributed by atoms with E-state index >= 15 is 0 Å². The average Bonchev–Trinajstić information content (AvgIpc) is 2.66. The first-order valence-corrected chi connectivity index (χ1v) is 15.1. The largest absolute Gasteiger partial charge is 0.300 e. The van der Waals surface area contributed by atoms with Gasteiger partial charge in [0.05, 0.1) is 0 Å². The molecule has 4 fully saturated rings. The van der Waals surface area contributed by atoms with Crippen molar-refractivity contribution in [3.05, 3.63) is 0 Å². The molecule has 2 nitrogen and oxygen atoms in total. The highest BCUT2D eigenvalue weighted by Crippen LogP contribution is 2.55. The average molecular weight is 473 g/mol. The van der Waals surface area contributed by atoms with Crippen molar-refractivity contribution in [2.45, 2.75) is 133 Å². The predicted molar refractivity (Wildman–Crippen MR) is 148 cm³/mol. The lowest BCUT2D eigenvalue weighted by Crippen LogP contribution is -2.61. The standard InChI is InChI=1S/C32H60N2/c1-23(2)33-19-31(20-33)16-13-28(25(4)18-31)30(9,10)14-11-26(5)34-21-32(22-34)15-12-27(24(3)17-32)29(6,7)8/h23-28H,11-22H2,1-10H3/t24-,25?,26?,27?,28?/m0/s1. The molecule has 0 N–H and O–H groups in total. The SMILES string of the molecule is CC1CC2(CCC1C(C)(C)CCC(C)N1CC3(CCC(C(C)(C)C)[C@@H](C)C3)C1)CN(C(C)C)C2. The van der Waals surface area contributed by atoms with Crippen LogP contribution in [0, 0.1) is 45.3 Å². The van der Waals surface area contributed by atoms with Gasteiger partial charge in [0.15, 0.2) is 0 Å². The Kier molecular flexibility index (Phi) is 7.41. The molecule has 0 radical (unpaired) electrons. The van der Waals surface area contributed by atoms with E-state index in [1.165, 1.54) is 77.5 Å². The quantitative estimate of drug-likeness (QED) is 0.385. The summed E-state index contributed by atoms with van der Waals surface area (Å²) in [5.74, 6) is 3.61. The molecule has 2 saturated carbocycles. The molecule has 2 aliphatic heterocycles. The Bertz CT molecular complexity index is 688. The summed E-state index contributed by atoms with van der Waals surface area (Å²) in [7, 11) is 0. The van der Waals surface area contributed by atoms with Crippen LogP contribution in [0.5, 0.6) is 0 Å². The Morgan fingerprint density at radius 3 is 1.65 bits per heavy atom. The minimum Gasteiger partial charge on any atom is -0.300 e. The molecule has 2 heterocycles.